The van der Waals surface area contributed by atoms with Crippen molar-refractivity contribution in [2.75, 3.05) is 0 Å². The molecule has 0 aliphatic carbocycles. The molecule has 2 aromatic rings. The number of benzene rings is 2. The van der Waals surface area contributed by atoms with E-state index in [1.54, 1.807) is 20.8 Å². The third kappa shape index (κ3) is 6.14. The van der Waals surface area contributed by atoms with Gasteiger partial charge in [0.2, 0.25) is 0 Å². The molecule has 0 unspecified atom stereocenters. The van der Waals surface area contributed by atoms with Gasteiger partial charge in [0.1, 0.15) is 0 Å². The van der Waals surface area contributed by atoms with Crippen LogP contribution in [0, 0.1) is 33.1 Å². The van der Waals surface area contributed by atoms with Crippen LogP contribution in [-0.4, -0.2) is 5.97 Å². The Morgan fingerprint density at radius 1 is 0.786 bits per heavy atom. The molecule has 0 radical (unpaired) electrons. The first-order valence-corrected chi connectivity index (χ1v) is 8.98. The minimum absolute atomic E-state index is 0. The van der Waals surface area contributed by atoms with E-state index in [4.69, 9.17) is 8.06 Å². The van der Waals surface area contributed by atoms with Gasteiger partial charge in [-0.25, -0.2) is 0 Å². The summed E-state index contributed by atoms with van der Waals surface area (Å²) >= 11 is 1.67. The molecule has 0 atom stereocenters. The summed E-state index contributed by atoms with van der Waals surface area (Å²) in [7, 11) is 0. The predicted molar refractivity (Wildman–Crippen MR) is 96.5 cm³/mol. The molecule has 0 heterocycles. The third-order valence-corrected chi connectivity index (χ3v) is 4.91. The van der Waals surface area contributed by atoms with Crippen LogP contribution in [0.4, 0.5) is 0 Å². The standard InChI is InChI=1S/C21H26O3.3ClH.Ti/c1-12-8-10-16(22)18(14(12)3)19-15(4)13(2)9-11-17(19)24-20(23)21(5,6)7;;;;/h8-11,22H,1-7H3;3*1H;/q;;;;+4/p-4. The van der Waals surface area contributed by atoms with Crippen molar-refractivity contribution in [3.05, 3.63) is 46.5 Å². The first-order valence-electron chi connectivity index (χ1n) is 8.34. The molecule has 0 aliphatic rings. The van der Waals surface area contributed by atoms with Crippen LogP contribution in [0.3, 0.4) is 0 Å². The van der Waals surface area contributed by atoms with Gasteiger partial charge >= 0.3 is 163 Å². The molecule has 0 amide bonds. The molecule has 0 saturated heterocycles. The van der Waals surface area contributed by atoms with Crippen LogP contribution in [0.2, 0.25) is 0 Å². The molecule has 3 nitrogen and oxygen atoms in total. The zero-order valence-corrected chi connectivity index (χ0v) is 21.0. The van der Waals surface area contributed by atoms with Crippen LogP contribution in [0.25, 0.3) is 11.1 Å². The molecule has 28 heavy (non-hydrogen) atoms. The zero-order chi connectivity index (χ0) is 18.9. The van der Waals surface area contributed by atoms with Gasteiger partial charge in [0.25, 0.3) is 0 Å². The summed E-state index contributed by atoms with van der Waals surface area (Å²) in [6.07, 6.45) is 0. The fourth-order valence-corrected chi connectivity index (χ4v) is 2.89. The Kier molecular flexibility index (Phi) is 12.1. The Hall–Kier alpha value is -0.706. The number of carbonyl (C=O) groups is 1. The van der Waals surface area contributed by atoms with Crippen molar-refractivity contribution in [3.63, 3.8) is 0 Å². The van der Waals surface area contributed by atoms with E-state index >= 15 is 0 Å². The van der Waals surface area contributed by atoms with E-state index in [0.717, 1.165) is 33.6 Å². The maximum Gasteiger partial charge on any atom is -1.00 e. The maximum absolute atomic E-state index is 12.5. The number of carbonyl (C=O) groups excluding carboxylic acids is 1. The average Bonchev–Trinajstić information content (AvgIpc) is 2.53. The first-order chi connectivity index (χ1) is 11.6. The molecular formula is C21H25Cl3O3Ti. The van der Waals surface area contributed by atoms with Gasteiger partial charge in [-0.3, -0.25) is 0 Å². The summed E-state index contributed by atoms with van der Waals surface area (Å²) in [6.45, 7) is 13.8. The van der Waals surface area contributed by atoms with Crippen molar-refractivity contribution >= 4 is 5.97 Å². The van der Waals surface area contributed by atoms with Crippen LogP contribution >= 0.6 is 0 Å². The van der Waals surface area contributed by atoms with Crippen LogP contribution in [-0.2, 0) is 25.6 Å². The summed E-state index contributed by atoms with van der Waals surface area (Å²) in [4.78, 5) is 12.5. The molecule has 0 fully saturated rings. The minimum atomic E-state index is -0.568. The summed E-state index contributed by atoms with van der Waals surface area (Å²) in [6, 6.07) is 7.88. The molecule has 0 N–H and O–H groups in total. The summed E-state index contributed by atoms with van der Waals surface area (Å²) < 4.78 is 11.4. The molecule has 0 bridgehead atoms. The Balaban J connectivity index is 0. The van der Waals surface area contributed by atoms with Crippen molar-refractivity contribution in [3.8, 4) is 22.6 Å². The molecule has 2 rings (SSSR count). The average molecular weight is 480 g/mol. The van der Waals surface area contributed by atoms with Crippen molar-refractivity contribution in [2.45, 2.75) is 48.5 Å². The zero-order valence-electron chi connectivity index (χ0n) is 17.2. The third-order valence-electron chi connectivity index (χ3n) is 4.57. The smallest absolute Gasteiger partial charge is 1.00 e. The van der Waals surface area contributed by atoms with Gasteiger partial charge in [0.05, 0.1) is 0 Å². The van der Waals surface area contributed by atoms with E-state index in [0.29, 0.717) is 5.75 Å². The SMILES string of the molecule is Cc1ccc([O][Ti+3])c(-c2c(OC(=O)C(C)(C)C)ccc(C)c2C)c1C.[Cl-].[Cl-].[Cl-]. The van der Waals surface area contributed by atoms with Crippen molar-refractivity contribution < 1.29 is 70.9 Å². The number of hydrogen-bond donors (Lipinski definition) is 0. The number of hydrogen-bond acceptors (Lipinski definition) is 3. The van der Waals surface area contributed by atoms with Gasteiger partial charge in [-0.05, 0) is 0 Å². The second kappa shape index (κ2) is 11.5. The van der Waals surface area contributed by atoms with Gasteiger partial charge in [-0.2, -0.15) is 0 Å². The fraction of sp³-hybridized carbons (Fsp3) is 0.381. The molecule has 0 spiro atoms. The minimum Gasteiger partial charge on any atom is -1.00 e. The largest absolute Gasteiger partial charge is 1.00 e. The number of ether oxygens (including phenoxy) is 1. The van der Waals surface area contributed by atoms with Gasteiger partial charge in [-0.1, -0.05) is 0 Å². The molecule has 152 valence electrons. The number of esters is 1. The van der Waals surface area contributed by atoms with Crippen molar-refractivity contribution in [1.29, 1.82) is 0 Å². The number of halogens is 3. The van der Waals surface area contributed by atoms with E-state index in [2.05, 4.69) is 27.7 Å². The van der Waals surface area contributed by atoms with E-state index in [1.807, 2.05) is 45.0 Å². The summed E-state index contributed by atoms with van der Waals surface area (Å²) in [5.74, 6) is 1.11. The first kappa shape index (κ1) is 29.5. The molecule has 2 aromatic carbocycles. The normalized spacial score (nSPS) is 10.2. The quantitative estimate of drug-likeness (QED) is 0.259. The monoisotopic (exact) mass is 478 g/mol. The van der Waals surface area contributed by atoms with E-state index < -0.39 is 5.41 Å². The van der Waals surface area contributed by atoms with Gasteiger partial charge < -0.3 is 37.2 Å². The molecule has 0 aliphatic heterocycles. The van der Waals surface area contributed by atoms with E-state index in [9.17, 15) is 4.79 Å². The summed E-state index contributed by atoms with van der Waals surface area (Å²) in [5, 5.41) is 0. The maximum atomic E-state index is 12.5. The Morgan fingerprint density at radius 3 is 1.57 bits per heavy atom. The predicted octanol–water partition coefficient (Wildman–Crippen LogP) is -3.61. The van der Waals surface area contributed by atoms with E-state index in [-0.39, 0.29) is 43.2 Å². The number of aryl methyl sites for hydroxylation is 2. The van der Waals surface area contributed by atoms with Crippen molar-refractivity contribution in [2.24, 2.45) is 5.41 Å². The van der Waals surface area contributed by atoms with E-state index in [1.165, 1.54) is 5.56 Å². The van der Waals surface area contributed by atoms with Crippen LogP contribution in [0.15, 0.2) is 24.3 Å². The second-order valence-corrected chi connectivity index (χ2v) is 7.82. The number of rotatable bonds is 3. The van der Waals surface area contributed by atoms with Gasteiger partial charge in [0.15, 0.2) is 0 Å². The van der Waals surface area contributed by atoms with Crippen molar-refractivity contribution in [1.82, 2.24) is 0 Å². The van der Waals surface area contributed by atoms with Gasteiger partial charge in [0, 0.05) is 0 Å². The fourth-order valence-electron chi connectivity index (χ4n) is 2.63. The topological polar surface area (TPSA) is 35.5 Å². The van der Waals surface area contributed by atoms with Crippen LogP contribution in [0.5, 0.6) is 11.5 Å². The Bertz CT molecular complexity index is 831. The summed E-state index contributed by atoms with van der Waals surface area (Å²) in [5.41, 5.74) is 5.88. The second-order valence-electron chi connectivity index (χ2n) is 7.50. The Labute approximate surface area is 199 Å². The van der Waals surface area contributed by atoms with Gasteiger partial charge in [-0.15, -0.1) is 0 Å². The van der Waals surface area contributed by atoms with Crippen LogP contribution < -0.4 is 45.3 Å². The molecule has 0 aromatic heterocycles. The molecule has 7 heteroatoms. The Morgan fingerprint density at radius 2 is 1.18 bits per heavy atom. The molecule has 0 saturated carbocycles. The van der Waals surface area contributed by atoms with Crippen LogP contribution in [0.1, 0.15) is 43.0 Å². The molecular weight excluding hydrogens is 454 g/mol.